The van der Waals surface area contributed by atoms with Gasteiger partial charge in [-0.05, 0) is 61.4 Å². The van der Waals surface area contributed by atoms with Gasteiger partial charge < -0.3 is 17.0 Å². The van der Waals surface area contributed by atoms with Gasteiger partial charge in [0, 0.05) is 0 Å². The molecule has 2 heteroatoms. The quantitative estimate of drug-likeness (QED) is 0.282. The van der Waals surface area contributed by atoms with Gasteiger partial charge in [-0.25, -0.2) is 0 Å². The maximum absolute atomic E-state index is 2.34. The van der Waals surface area contributed by atoms with E-state index in [2.05, 4.69) is 153 Å². The van der Waals surface area contributed by atoms with Crippen molar-refractivity contribution in [1.82, 2.24) is 0 Å². The van der Waals surface area contributed by atoms with Gasteiger partial charge in [0.1, 0.15) is 28.8 Å². The SMILES string of the molecule is Cc1ccc(C(c2ccc(C)cc2)[P+](c2ccccc2)(c2ccccc2)c2ccccc2)cc1.[Br-]. The third-order valence-electron chi connectivity index (χ3n) is 6.66. The second kappa shape index (κ2) is 11.2. The lowest BCUT2D eigenvalue weighted by Gasteiger charge is -2.35. The van der Waals surface area contributed by atoms with Gasteiger partial charge in [0.15, 0.2) is 0 Å². The molecule has 0 spiro atoms. The highest BCUT2D eigenvalue weighted by atomic mass is 79.9. The Labute approximate surface area is 220 Å². The summed E-state index contributed by atoms with van der Waals surface area (Å²) < 4.78 is 0. The minimum absolute atomic E-state index is 0. The van der Waals surface area contributed by atoms with Crippen molar-refractivity contribution in [3.05, 3.63) is 162 Å². The molecule has 0 amide bonds. The zero-order valence-electron chi connectivity index (χ0n) is 20.2. The van der Waals surface area contributed by atoms with E-state index in [1.807, 2.05) is 0 Å². The average molecular weight is 537 g/mol. The smallest absolute Gasteiger partial charge is 0.133 e. The van der Waals surface area contributed by atoms with Crippen molar-refractivity contribution in [2.45, 2.75) is 19.5 Å². The van der Waals surface area contributed by atoms with Gasteiger partial charge in [-0.2, -0.15) is 0 Å². The van der Waals surface area contributed by atoms with Gasteiger partial charge in [0.25, 0.3) is 0 Å². The number of halogens is 1. The van der Waals surface area contributed by atoms with Crippen LogP contribution in [0.2, 0.25) is 0 Å². The lowest BCUT2D eigenvalue weighted by atomic mass is 10.0. The fourth-order valence-electron chi connectivity index (χ4n) is 5.02. The van der Waals surface area contributed by atoms with Crippen LogP contribution in [0.1, 0.15) is 27.9 Å². The maximum atomic E-state index is 2.34. The Kier molecular flexibility index (Phi) is 8.01. The highest BCUT2D eigenvalue weighted by molar-refractivity contribution is 7.96. The predicted molar refractivity (Wildman–Crippen MR) is 149 cm³/mol. The summed E-state index contributed by atoms with van der Waals surface area (Å²) in [5, 5.41) is 4.20. The van der Waals surface area contributed by atoms with Crippen LogP contribution in [0.3, 0.4) is 0 Å². The molecule has 5 rings (SSSR count). The first-order valence-electron chi connectivity index (χ1n) is 11.9. The Morgan fingerprint density at radius 2 is 0.686 bits per heavy atom. The van der Waals surface area contributed by atoms with Crippen LogP contribution in [0.5, 0.6) is 0 Å². The van der Waals surface area contributed by atoms with Crippen molar-refractivity contribution < 1.29 is 17.0 Å². The van der Waals surface area contributed by atoms with E-state index < -0.39 is 7.26 Å². The van der Waals surface area contributed by atoms with E-state index in [1.54, 1.807) is 0 Å². The van der Waals surface area contributed by atoms with Crippen LogP contribution >= 0.6 is 7.26 Å². The molecule has 0 nitrogen and oxygen atoms in total. The van der Waals surface area contributed by atoms with Crippen LogP contribution in [-0.4, -0.2) is 0 Å². The second-order valence-corrected chi connectivity index (χ2v) is 12.5. The summed E-state index contributed by atoms with van der Waals surface area (Å²) in [6.07, 6.45) is 0. The van der Waals surface area contributed by atoms with Crippen LogP contribution in [-0.2, 0) is 0 Å². The minimum Gasteiger partial charge on any atom is -1.00 e. The van der Waals surface area contributed by atoms with Gasteiger partial charge in [-0.3, -0.25) is 0 Å². The molecule has 0 aliphatic carbocycles. The fraction of sp³-hybridized carbons (Fsp3) is 0.0909. The molecular weight excluding hydrogens is 507 g/mol. The molecule has 0 radical (unpaired) electrons. The molecule has 0 aliphatic rings. The molecule has 174 valence electrons. The van der Waals surface area contributed by atoms with Crippen molar-refractivity contribution in [2.75, 3.05) is 0 Å². The molecule has 5 aromatic rings. The van der Waals surface area contributed by atoms with E-state index in [4.69, 9.17) is 0 Å². The van der Waals surface area contributed by atoms with Gasteiger partial charge in [0.05, 0.1) is 0 Å². The Balaban J connectivity index is 0.00000289. The third-order valence-corrected chi connectivity index (χ3v) is 11.4. The standard InChI is InChI=1S/C33H30P.BrH/c1-26-18-22-28(23-19-26)33(29-24-20-27(2)21-25-29)34(30-12-6-3-7-13-30,31-14-8-4-9-15-31)32-16-10-5-11-17-32;/h3-25,33H,1-2H3;1H/q+1;/p-1. The Hall–Kier alpha value is -2.99. The molecule has 5 aromatic carbocycles. The first-order chi connectivity index (χ1) is 16.7. The zero-order valence-corrected chi connectivity index (χ0v) is 22.7. The number of rotatable bonds is 6. The monoisotopic (exact) mass is 536 g/mol. The van der Waals surface area contributed by atoms with Gasteiger partial charge >= 0.3 is 0 Å². The van der Waals surface area contributed by atoms with E-state index >= 15 is 0 Å². The van der Waals surface area contributed by atoms with Gasteiger partial charge in [-0.1, -0.05) is 114 Å². The Morgan fingerprint density at radius 1 is 0.400 bits per heavy atom. The van der Waals surface area contributed by atoms with Crippen LogP contribution in [0.15, 0.2) is 140 Å². The first kappa shape index (κ1) is 25.1. The topological polar surface area (TPSA) is 0 Å². The van der Waals surface area contributed by atoms with E-state index in [0.717, 1.165) is 0 Å². The van der Waals surface area contributed by atoms with Crippen molar-refractivity contribution >= 4 is 23.2 Å². The molecule has 0 fully saturated rings. The largest absolute Gasteiger partial charge is 1.00 e. The molecule has 0 saturated carbocycles. The Morgan fingerprint density at radius 3 is 0.971 bits per heavy atom. The summed E-state index contributed by atoms with van der Waals surface area (Å²) >= 11 is 0. The molecule has 0 saturated heterocycles. The molecule has 0 bridgehead atoms. The molecule has 0 N–H and O–H groups in total. The second-order valence-electron chi connectivity index (χ2n) is 8.95. The normalized spacial score (nSPS) is 11.2. The van der Waals surface area contributed by atoms with E-state index in [-0.39, 0.29) is 22.6 Å². The van der Waals surface area contributed by atoms with Crippen molar-refractivity contribution in [1.29, 1.82) is 0 Å². The molecule has 35 heavy (non-hydrogen) atoms. The molecule has 0 unspecified atom stereocenters. The lowest BCUT2D eigenvalue weighted by molar-refractivity contribution is -0.00000670. The number of benzene rings is 5. The summed E-state index contributed by atoms with van der Waals surface area (Å²) in [5.41, 5.74) is 5.49. The van der Waals surface area contributed by atoms with Crippen molar-refractivity contribution in [3.8, 4) is 0 Å². The number of hydrogen-bond acceptors (Lipinski definition) is 0. The highest BCUT2D eigenvalue weighted by Crippen LogP contribution is 2.68. The van der Waals surface area contributed by atoms with E-state index in [1.165, 1.54) is 38.2 Å². The Bertz CT molecular complexity index is 1190. The summed E-state index contributed by atoms with van der Waals surface area (Å²) in [6, 6.07) is 51.9. The van der Waals surface area contributed by atoms with E-state index in [9.17, 15) is 0 Å². The van der Waals surface area contributed by atoms with Crippen molar-refractivity contribution in [3.63, 3.8) is 0 Å². The van der Waals surface area contributed by atoms with Crippen LogP contribution in [0, 0.1) is 13.8 Å². The van der Waals surface area contributed by atoms with Crippen molar-refractivity contribution in [2.24, 2.45) is 0 Å². The molecule has 0 heterocycles. The third kappa shape index (κ3) is 4.90. The number of aryl methyl sites for hydroxylation is 2. The first-order valence-corrected chi connectivity index (χ1v) is 13.7. The summed E-state index contributed by atoms with van der Waals surface area (Å²) in [4.78, 5) is 0. The van der Waals surface area contributed by atoms with Gasteiger partial charge in [0.2, 0.25) is 0 Å². The van der Waals surface area contributed by atoms with Crippen LogP contribution in [0.4, 0.5) is 0 Å². The molecule has 0 atom stereocenters. The van der Waals surface area contributed by atoms with E-state index in [0.29, 0.717) is 0 Å². The van der Waals surface area contributed by atoms with Crippen LogP contribution in [0.25, 0.3) is 0 Å². The fourth-order valence-corrected chi connectivity index (χ4v) is 9.98. The summed E-state index contributed by atoms with van der Waals surface area (Å²) in [6.45, 7) is 4.33. The highest BCUT2D eigenvalue weighted by Gasteiger charge is 2.53. The maximum Gasteiger partial charge on any atom is 0.133 e. The summed E-state index contributed by atoms with van der Waals surface area (Å²) in [5.74, 6) is 0. The van der Waals surface area contributed by atoms with Crippen LogP contribution < -0.4 is 32.9 Å². The zero-order chi connectivity index (χ0) is 23.4. The minimum atomic E-state index is -2.14. The summed E-state index contributed by atoms with van der Waals surface area (Å²) in [7, 11) is -2.14. The molecule has 0 aliphatic heterocycles. The number of hydrogen-bond donors (Lipinski definition) is 0. The average Bonchev–Trinajstić information content (AvgIpc) is 2.90. The molecular formula is C33H30BrP. The molecule has 0 aromatic heterocycles. The predicted octanol–water partition coefficient (Wildman–Crippen LogP) is 4.39. The lowest BCUT2D eigenvalue weighted by Crippen LogP contribution is -3.00. The van der Waals surface area contributed by atoms with Gasteiger partial charge in [-0.15, -0.1) is 0 Å².